The summed E-state index contributed by atoms with van der Waals surface area (Å²) in [6.45, 7) is 6.30. The minimum Gasteiger partial charge on any atom is -0.332 e. The van der Waals surface area contributed by atoms with Crippen molar-refractivity contribution in [3.05, 3.63) is 77.9 Å². The normalized spacial score (nSPS) is 12.0. The maximum Gasteiger partial charge on any atom is 0.233 e. The number of nitrogens with one attached hydrogen (secondary N) is 2. The van der Waals surface area contributed by atoms with Gasteiger partial charge in [0.1, 0.15) is 0 Å². The highest BCUT2D eigenvalue weighted by atomic mass is 32.1. The first-order chi connectivity index (χ1) is 13.4. The van der Waals surface area contributed by atoms with Crippen LogP contribution in [0.4, 0.5) is 5.69 Å². The smallest absolute Gasteiger partial charge is 0.233 e. The van der Waals surface area contributed by atoms with Gasteiger partial charge in [-0.05, 0) is 54.1 Å². The molecule has 0 radical (unpaired) electrons. The molecule has 2 N–H and O–H groups in total. The van der Waals surface area contributed by atoms with Crippen molar-refractivity contribution in [3.8, 4) is 0 Å². The average Bonchev–Trinajstić information content (AvgIpc) is 2.68. The molecular formula is C24H26N2OS. The molecule has 0 heterocycles. The van der Waals surface area contributed by atoms with Gasteiger partial charge in [0, 0.05) is 11.1 Å². The molecule has 1 atom stereocenters. The van der Waals surface area contributed by atoms with Crippen LogP contribution in [0.5, 0.6) is 0 Å². The molecule has 28 heavy (non-hydrogen) atoms. The molecule has 0 aromatic heterocycles. The van der Waals surface area contributed by atoms with Crippen molar-refractivity contribution >= 4 is 39.7 Å². The molecule has 0 saturated heterocycles. The molecule has 1 unspecified atom stereocenters. The summed E-state index contributed by atoms with van der Waals surface area (Å²) in [6, 6.07) is 22.3. The van der Waals surface area contributed by atoms with Crippen molar-refractivity contribution in [2.45, 2.75) is 33.1 Å². The molecule has 1 amide bonds. The van der Waals surface area contributed by atoms with Gasteiger partial charge in [0.15, 0.2) is 5.11 Å². The Bertz CT molecular complexity index is 974. The Labute approximate surface area is 172 Å². The summed E-state index contributed by atoms with van der Waals surface area (Å²) in [6.07, 6.45) is 1.04. The molecule has 3 nitrogen and oxygen atoms in total. The Balaban J connectivity index is 1.64. The quantitative estimate of drug-likeness (QED) is 0.553. The lowest BCUT2D eigenvalue weighted by molar-refractivity contribution is -0.120. The van der Waals surface area contributed by atoms with Gasteiger partial charge in [-0.1, -0.05) is 74.5 Å². The first-order valence-corrected chi connectivity index (χ1v) is 10.0. The third-order valence-electron chi connectivity index (χ3n) is 4.79. The molecule has 4 heteroatoms. The van der Waals surface area contributed by atoms with E-state index in [2.05, 4.69) is 36.6 Å². The number of hydrogen-bond donors (Lipinski definition) is 2. The Morgan fingerprint density at radius 1 is 0.929 bits per heavy atom. The molecule has 0 aliphatic carbocycles. The van der Waals surface area contributed by atoms with E-state index in [-0.39, 0.29) is 11.8 Å². The van der Waals surface area contributed by atoms with Crippen LogP contribution >= 0.6 is 12.2 Å². The third-order valence-corrected chi connectivity index (χ3v) is 5.00. The summed E-state index contributed by atoms with van der Waals surface area (Å²) in [7, 11) is 0. The number of rotatable bonds is 5. The van der Waals surface area contributed by atoms with Gasteiger partial charge in [-0.15, -0.1) is 0 Å². The fourth-order valence-corrected chi connectivity index (χ4v) is 3.48. The third kappa shape index (κ3) is 4.96. The molecule has 0 fully saturated rings. The van der Waals surface area contributed by atoms with E-state index < -0.39 is 0 Å². The highest BCUT2D eigenvalue weighted by Crippen LogP contribution is 2.23. The predicted octanol–water partition coefficient (Wildman–Crippen LogP) is 5.66. The van der Waals surface area contributed by atoms with Crippen LogP contribution in [0.1, 0.15) is 37.8 Å². The number of carbonyl (C=O) groups is 1. The van der Waals surface area contributed by atoms with Crippen LogP contribution in [0.3, 0.4) is 0 Å². The standard InChI is InChI=1S/C24H26N2OS/c1-16(2)15-18-11-13-19(14-12-18)17(3)23(27)26-24(28)25-22-10-6-8-20-7-4-5-9-21(20)22/h4-14,16-17H,15H2,1-3H3,(H2,25,26,27,28). The number of anilines is 1. The van der Waals surface area contributed by atoms with E-state index in [1.165, 1.54) is 5.56 Å². The molecule has 0 bridgehead atoms. The Morgan fingerprint density at radius 3 is 2.32 bits per heavy atom. The van der Waals surface area contributed by atoms with Crippen molar-refractivity contribution < 1.29 is 4.79 Å². The van der Waals surface area contributed by atoms with Gasteiger partial charge >= 0.3 is 0 Å². The molecule has 144 valence electrons. The molecule has 3 aromatic carbocycles. The van der Waals surface area contributed by atoms with Crippen molar-refractivity contribution in [1.29, 1.82) is 0 Å². The lowest BCUT2D eigenvalue weighted by Gasteiger charge is -2.16. The predicted molar refractivity (Wildman–Crippen MR) is 122 cm³/mol. The molecule has 3 aromatic rings. The molecule has 0 spiro atoms. The molecular weight excluding hydrogens is 364 g/mol. The summed E-state index contributed by atoms with van der Waals surface area (Å²) < 4.78 is 0. The zero-order chi connectivity index (χ0) is 20.1. The van der Waals surface area contributed by atoms with Crippen molar-refractivity contribution in [3.63, 3.8) is 0 Å². The number of amides is 1. The van der Waals surface area contributed by atoms with Crippen LogP contribution < -0.4 is 10.6 Å². The molecule has 0 aliphatic rings. The van der Waals surface area contributed by atoms with Crippen LogP contribution in [0.2, 0.25) is 0 Å². The van der Waals surface area contributed by atoms with Gasteiger partial charge in [0.05, 0.1) is 5.92 Å². The molecule has 3 rings (SSSR count). The van der Waals surface area contributed by atoms with Crippen LogP contribution in [-0.2, 0) is 11.2 Å². The van der Waals surface area contributed by atoms with Crippen LogP contribution in [-0.4, -0.2) is 11.0 Å². The summed E-state index contributed by atoms with van der Waals surface area (Å²) >= 11 is 5.37. The second-order valence-corrected chi connectivity index (χ2v) is 7.94. The van der Waals surface area contributed by atoms with E-state index in [1.807, 2.05) is 61.5 Å². The summed E-state index contributed by atoms with van der Waals surface area (Å²) in [4.78, 5) is 12.6. The summed E-state index contributed by atoms with van der Waals surface area (Å²) in [5.74, 6) is 0.221. The van der Waals surface area contributed by atoms with Gasteiger partial charge in [-0.25, -0.2) is 0 Å². The maximum absolute atomic E-state index is 12.6. The fourth-order valence-electron chi connectivity index (χ4n) is 3.27. The van der Waals surface area contributed by atoms with Crippen molar-refractivity contribution in [1.82, 2.24) is 5.32 Å². The van der Waals surface area contributed by atoms with Gasteiger partial charge in [0.25, 0.3) is 0 Å². The summed E-state index contributed by atoms with van der Waals surface area (Å²) in [5.41, 5.74) is 3.16. The lowest BCUT2D eigenvalue weighted by Crippen LogP contribution is -2.36. The number of benzene rings is 3. The SMILES string of the molecule is CC(C)Cc1ccc(C(C)C(=O)NC(=S)Nc2cccc3ccccc23)cc1. The van der Waals surface area contributed by atoms with Gasteiger partial charge in [-0.3, -0.25) is 4.79 Å². The topological polar surface area (TPSA) is 41.1 Å². The van der Waals surface area contributed by atoms with E-state index in [0.717, 1.165) is 28.4 Å². The Kier molecular flexibility index (Phi) is 6.42. The zero-order valence-corrected chi connectivity index (χ0v) is 17.3. The van der Waals surface area contributed by atoms with E-state index in [0.29, 0.717) is 11.0 Å². The van der Waals surface area contributed by atoms with E-state index in [1.54, 1.807) is 0 Å². The minimum atomic E-state index is -0.277. The Hall–Kier alpha value is -2.72. The van der Waals surface area contributed by atoms with Crippen molar-refractivity contribution in [2.75, 3.05) is 5.32 Å². The number of hydrogen-bond acceptors (Lipinski definition) is 2. The van der Waals surface area contributed by atoms with E-state index >= 15 is 0 Å². The summed E-state index contributed by atoms with van der Waals surface area (Å²) in [5, 5.41) is 8.47. The fraction of sp³-hybridized carbons (Fsp3) is 0.250. The largest absolute Gasteiger partial charge is 0.332 e. The Morgan fingerprint density at radius 2 is 1.61 bits per heavy atom. The number of fused-ring (bicyclic) bond motifs is 1. The number of carbonyl (C=O) groups excluding carboxylic acids is 1. The van der Waals surface area contributed by atoms with E-state index in [4.69, 9.17) is 12.2 Å². The first kappa shape index (κ1) is 20.0. The van der Waals surface area contributed by atoms with Crippen LogP contribution in [0.25, 0.3) is 10.8 Å². The first-order valence-electron chi connectivity index (χ1n) is 9.62. The second-order valence-electron chi connectivity index (χ2n) is 7.53. The zero-order valence-electron chi connectivity index (χ0n) is 16.5. The highest BCUT2D eigenvalue weighted by molar-refractivity contribution is 7.80. The molecule has 0 saturated carbocycles. The lowest BCUT2D eigenvalue weighted by atomic mass is 9.96. The van der Waals surface area contributed by atoms with Gasteiger partial charge in [0.2, 0.25) is 5.91 Å². The maximum atomic E-state index is 12.6. The highest BCUT2D eigenvalue weighted by Gasteiger charge is 2.17. The van der Waals surface area contributed by atoms with Gasteiger partial charge < -0.3 is 10.6 Å². The van der Waals surface area contributed by atoms with Crippen LogP contribution in [0, 0.1) is 5.92 Å². The minimum absolute atomic E-state index is 0.116. The average molecular weight is 391 g/mol. The van der Waals surface area contributed by atoms with Crippen LogP contribution in [0.15, 0.2) is 66.7 Å². The van der Waals surface area contributed by atoms with E-state index in [9.17, 15) is 4.79 Å². The van der Waals surface area contributed by atoms with Gasteiger partial charge in [-0.2, -0.15) is 0 Å². The monoisotopic (exact) mass is 390 g/mol. The second kappa shape index (κ2) is 8.98. The molecule has 0 aliphatic heterocycles. The van der Waals surface area contributed by atoms with Crippen molar-refractivity contribution in [2.24, 2.45) is 5.92 Å². The number of thiocarbonyl (C=S) groups is 1.